The lowest BCUT2D eigenvalue weighted by Crippen LogP contribution is -2.44. The predicted octanol–water partition coefficient (Wildman–Crippen LogP) is 3.52. The Morgan fingerprint density at radius 2 is 1.60 bits per heavy atom. The Morgan fingerprint density at radius 3 is 2.00 bits per heavy atom. The van der Waals surface area contributed by atoms with Crippen LogP contribution in [0.5, 0.6) is 0 Å². The molecule has 0 aromatic heterocycles. The topological polar surface area (TPSA) is 37.4 Å². The van der Waals surface area contributed by atoms with Crippen molar-refractivity contribution < 1.29 is 9.59 Å². The van der Waals surface area contributed by atoms with Crippen LogP contribution in [0.25, 0.3) is 0 Å². The lowest BCUT2D eigenvalue weighted by Gasteiger charge is -2.42. The predicted molar refractivity (Wildman–Crippen MR) is 82.4 cm³/mol. The maximum Gasteiger partial charge on any atom is 0.230 e. The molecule has 0 aliphatic carbocycles. The molecule has 2 unspecified atom stereocenters. The number of amides is 1. The molecule has 1 aliphatic heterocycles. The van der Waals surface area contributed by atoms with E-state index in [-0.39, 0.29) is 40.8 Å². The van der Waals surface area contributed by atoms with Gasteiger partial charge in [0, 0.05) is 19.0 Å². The molecule has 0 bridgehead atoms. The normalized spacial score (nSPS) is 25.9. The fourth-order valence-corrected chi connectivity index (χ4v) is 3.39. The van der Waals surface area contributed by atoms with E-state index < -0.39 is 0 Å². The molecule has 3 heteroatoms. The summed E-state index contributed by atoms with van der Waals surface area (Å²) < 4.78 is 0. The lowest BCUT2D eigenvalue weighted by atomic mass is 9.62. The monoisotopic (exact) mass is 281 g/mol. The number of ketones is 1. The maximum atomic E-state index is 12.6. The van der Waals surface area contributed by atoms with Gasteiger partial charge in [-0.05, 0) is 23.2 Å². The number of hydrogen-bond donors (Lipinski definition) is 0. The Balaban J connectivity index is 3.21. The van der Waals surface area contributed by atoms with Crippen LogP contribution >= 0.6 is 0 Å². The number of likely N-dealkylation sites (tertiary alicyclic amines) is 1. The molecule has 3 nitrogen and oxygen atoms in total. The van der Waals surface area contributed by atoms with Crippen molar-refractivity contribution in [2.24, 2.45) is 22.7 Å². The fourth-order valence-electron chi connectivity index (χ4n) is 3.39. The van der Waals surface area contributed by atoms with Crippen molar-refractivity contribution in [3.8, 4) is 0 Å². The third-order valence-electron chi connectivity index (χ3n) is 4.38. The summed E-state index contributed by atoms with van der Waals surface area (Å²) in [5.41, 5.74) is -0.0816. The third kappa shape index (κ3) is 3.83. The van der Waals surface area contributed by atoms with E-state index in [4.69, 9.17) is 0 Å². The third-order valence-corrected chi connectivity index (χ3v) is 4.38. The number of nitrogens with zero attached hydrogens (tertiary/aromatic N) is 1. The van der Waals surface area contributed by atoms with E-state index in [1.54, 1.807) is 0 Å². The van der Waals surface area contributed by atoms with E-state index >= 15 is 0 Å². The first-order valence-corrected chi connectivity index (χ1v) is 7.79. The molecule has 0 aromatic carbocycles. The molecule has 1 fully saturated rings. The SMILES string of the molecule is CCCN1CC(C(C)(C)C)C(C(C)(C)C)C(=O)CC1=O. The van der Waals surface area contributed by atoms with Crippen molar-refractivity contribution in [1.29, 1.82) is 0 Å². The van der Waals surface area contributed by atoms with Gasteiger partial charge in [0.05, 0.1) is 6.42 Å². The van der Waals surface area contributed by atoms with Crippen molar-refractivity contribution in [3.05, 3.63) is 0 Å². The zero-order valence-corrected chi connectivity index (χ0v) is 14.2. The molecule has 0 radical (unpaired) electrons. The second kappa shape index (κ2) is 5.87. The Bertz CT molecular complexity index is 373. The fraction of sp³-hybridized carbons (Fsp3) is 0.882. The summed E-state index contributed by atoms with van der Waals surface area (Å²) >= 11 is 0. The summed E-state index contributed by atoms with van der Waals surface area (Å²) in [7, 11) is 0. The minimum absolute atomic E-state index is 0.0119. The molecule has 1 heterocycles. The second-order valence-corrected chi connectivity index (χ2v) is 8.30. The minimum Gasteiger partial charge on any atom is -0.342 e. The molecule has 0 saturated carbocycles. The molecule has 20 heavy (non-hydrogen) atoms. The van der Waals surface area contributed by atoms with Crippen LogP contribution in [-0.2, 0) is 9.59 Å². The van der Waals surface area contributed by atoms with E-state index in [1.165, 1.54) is 0 Å². The van der Waals surface area contributed by atoms with Gasteiger partial charge in [-0.3, -0.25) is 9.59 Å². The first kappa shape index (κ1) is 17.2. The van der Waals surface area contributed by atoms with Crippen molar-refractivity contribution in [2.75, 3.05) is 13.1 Å². The van der Waals surface area contributed by atoms with Crippen LogP contribution in [0.2, 0.25) is 0 Å². The zero-order valence-electron chi connectivity index (χ0n) is 14.2. The molecule has 0 spiro atoms. The Morgan fingerprint density at radius 1 is 1.05 bits per heavy atom. The van der Waals surface area contributed by atoms with E-state index in [0.717, 1.165) is 13.0 Å². The summed E-state index contributed by atoms with van der Waals surface area (Å²) in [6.07, 6.45) is 1.02. The largest absolute Gasteiger partial charge is 0.342 e. The lowest BCUT2D eigenvalue weighted by molar-refractivity contribution is -0.135. The van der Waals surface area contributed by atoms with Crippen LogP contribution in [0.4, 0.5) is 0 Å². The van der Waals surface area contributed by atoms with E-state index in [1.807, 2.05) is 4.90 Å². The van der Waals surface area contributed by atoms with Gasteiger partial charge in [0.15, 0.2) is 0 Å². The van der Waals surface area contributed by atoms with Crippen LogP contribution in [0.15, 0.2) is 0 Å². The zero-order chi connectivity index (χ0) is 15.7. The first-order chi connectivity index (χ1) is 8.98. The van der Waals surface area contributed by atoms with Crippen LogP contribution in [0.3, 0.4) is 0 Å². The van der Waals surface area contributed by atoms with Crippen LogP contribution < -0.4 is 0 Å². The number of rotatable bonds is 2. The highest BCUT2D eigenvalue weighted by Crippen LogP contribution is 2.44. The van der Waals surface area contributed by atoms with Crippen LogP contribution in [-0.4, -0.2) is 29.7 Å². The van der Waals surface area contributed by atoms with Crippen LogP contribution in [0.1, 0.15) is 61.3 Å². The highest BCUT2D eigenvalue weighted by molar-refractivity contribution is 6.00. The molecule has 1 aliphatic rings. The summed E-state index contributed by atoms with van der Waals surface area (Å²) in [5, 5.41) is 0. The second-order valence-electron chi connectivity index (χ2n) is 8.30. The van der Waals surface area contributed by atoms with Gasteiger partial charge < -0.3 is 4.90 Å². The summed E-state index contributed by atoms with van der Waals surface area (Å²) in [6.45, 7) is 16.5. The van der Waals surface area contributed by atoms with Gasteiger partial charge in [-0.15, -0.1) is 0 Å². The minimum atomic E-state index is -0.0997. The van der Waals surface area contributed by atoms with Gasteiger partial charge in [0.2, 0.25) is 5.91 Å². The molecule has 1 amide bonds. The molecule has 0 aromatic rings. The highest BCUT2D eigenvalue weighted by atomic mass is 16.2. The van der Waals surface area contributed by atoms with Gasteiger partial charge in [0.1, 0.15) is 5.78 Å². The Kier molecular flexibility index (Phi) is 5.04. The Hall–Kier alpha value is -0.860. The average Bonchev–Trinajstić information content (AvgIpc) is 2.35. The number of carbonyl (C=O) groups excluding carboxylic acids is 2. The summed E-state index contributed by atoms with van der Waals surface area (Å²) in [5.74, 6) is 0.306. The molecule has 1 saturated heterocycles. The van der Waals surface area contributed by atoms with Gasteiger partial charge in [-0.25, -0.2) is 0 Å². The van der Waals surface area contributed by atoms with E-state index in [0.29, 0.717) is 6.54 Å². The maximum absolute atomic E-state index is 12.6. The number of carbonyl (C=O) groups is 2. The van der Waals surface area contributed by atoms with Crippen molar-refractivity contribution in [1.82, 2.24) is 4.90 Å². The van der Waals surface area contributed by atoms with E-state index in [9.17, 15) is 9.59 Å². The molecule has 2 atom stereocenters. The van der Waals surface area contributed by atoms with Crippen molar-refractivity contribution in [3.63, 3.8) is 0 Å². The van der Waals surface area contributed by atoms with Gasteiger partial charge in [0.25, 0.3) is 0 Å². The quantitative estimate of drug-likeness (QED) is 0.726. The molecule has 1 rings (SSSR count). The first-order valence-electron chi connectivity index (χ1n) is 7.79. The van der Waals surface area contributed by atoms with Crippen molar-refractivity contribution >= 4 is 11.7 Å². The average molecular weight is 281 g/mol. The highest BCUT2D eigenvalue weighted by Gasteiger charge is 2.46. The molecule has 116 valence electrons. The number of Topliss-reactive ketones (excluding diaryl/α,β-unsaturated/α-hetero) is 1. The molecular formula is C17H31NO2. The number of hydrogen-bond acceptors (Lipinski definition) is 2. The van der Waals surface area contributed by atoms with Crippen LogP contribution in [0, 0.1) is 22.7 Å². The summed E-state index contributed by atoms with van der Waals surface area (Å²) in [4.78, 5) is 26.8. The van der Waals surface area contributed by atoms with E-state index in [2.05, 4.69) is 48.5 Å². The van der Waals surface area contributed by atoms with Gasteiger partial charge >= 0.3 is 0 Å². The van der Waals surface area contributed by atoms with Gasteiger partial charge in [-0.1, -0.05) is 48.5 Å². The molecule has 0 N–H and O–H groups in total. The van der Waals surface area contributed by atoms with Gasteiger partial charge in [-0.2, -0.15) is 0 Å². The van der Waals surface area contributed by atoms with Crippen molar-refractivity contribution in [2.45, 2.75) is 61.3 Å². The Labute approximate surface area is 124 Å². The molecular weight excluding hydrogens is 250 g/mol. The standard InChI is InChI=1S/C17H31NO2/c1-8-9-18-11-12(16(2,3)4)15(17(5,6)7)13(19)10-14(18)20/h12,15H,8-11H2,1-7H3. The summed E-state index contributed by atoms with van der Waals surface area (Å²) in [6, 6.07) is 0. The smallest absolute Gasteiger partial charge is 0.230 e.